The SMILES string of the molecule is CC(C)(C)OC(=O)N1CCC[C@H]1c1nc(I)c(I)n1N. The topological polar surface area (TPSA) is 73.4 Å². The van der Waals surface area contributed by atoms with Gasteiger partial charge in [0.05, 0.1) is 6.04 Å². The third-order valence-electron chi connectivity index (χ3n) is 3.02. The molecule has 1 aliphatic heterocycles. The maximum Gasteiger partial charge on any atom is 0.410 e. The molecule has 2 rings (SSSR count). The highest BCUT2D eigenvalue weighted by Crippen LogP contribution is 2.33. The number of carbonyl (C=O) groups excluding carboxylic acids is 1. The Morgan fingerprint density at radius 1 is 1.45 bits per heavy atom. The van der Waals surface area contributed by atoms with Crippen molar-refractivity contribution in [2.24, 2.45) is 0 Å². The minimum Gasteiger partial charge on any atom is -0.444 e. The van der Waals surface area contributed by atoms with Crippen molar-refractivity contribution in [3.8, 4) is 0 Å². The fraction of sp³-hybridized carbons (Fsp3) is 0.667. The smallest absolute Gasteiger partial charge is 0.410 e. The van der Waals surface area contributed by atoms with Crippen molar-refractivity contribution >= 4 is 51.3 Å². The Kier molecular flexibility index (Phi) is 4.72. The van der Waals surface area contributed by atoms with Crippen molar-refractivity contribution < 1.29 is 9.53 Å². The molecule has 0 aromatic carbocycles. The molecule has 6 nitrogen and oxygen atoms in total. The van der Waals surface area contributed by atoms with Crippen molar-refractivity contribution in [1.29, 1.82) is 0 Å². The number of halogens is 2. The molecule has 0 saturated carbocycles. The van der Waals surface area contributed by atoms with Gasteiger partial charge in [-0.05, 0) is 78.8 Å². The van der Waals surface area contributed by atoms with Gasteiger partial charge in [0.1, 0.15) is 13.0 Å². The number of aromatic nitrogens is 2. The number of rotatable bonds is 1. The van der Waals surface area contributed by atoms with Gasteiger partial charge in [-0.15, -0.1) is 0 Å². The van der Waals surface area contributed by atoms with Gasteiger partial charge in [0.2, 0.25) is 0 Å². The summed E-state index contributed by atoms with van der Waals surface area (Å²) < 4.78 is 8.76. The fourth-order valence-electron chi connectivity index (χ4n) is 2.21. The van der Waals surface area contributed by atoms with E-state index in [0.29, 0.717) is 6.54 Å². The van der Waals surface area contributed by atoms with Crippen molar-refractivity contribution in [3.05, 3.63) is 13.2 Å². The summed E-state index contributed by atoms with van der Waals surface area (Å²) in [6, 6.07) is -0.105. The van der Waals surface area contributed by atoms with E-state index in [9.17, 15) is 4.79 Å². The molecule has 2 heterocycles. The van der Waals surface area contributed by atoms with Crippen LogP contribution in [0.25, 0.3) is 0 Å². The molecule has 8 heteroatoms. The van der Waals surface area contributed by atoms with Gasteiger partial charge in [-0.3, -0.25) is 4.90 Å². The fourth-order valence-corrected chi connectivity index (χ4v) is 3.08. The van der Waals surface area contributed by atoms with E-state index in [1.165, 1.54) is 0 Å². The molecule has 1 saturated heterocycles. The number of nitrogens with two attached hydrogens (primary N) is 1. The second-order valence-corrected chi connectivity index (χ2v) is 7.80. The molecule has 1 aromatic rings. The minimum absolute atomic E-state index is 0.105. The van der Waals surface area contributed by atoms with E-state index >= 15 is 0 Å². The first-order valence-electron chi connectivity index (χ1n) is 6.39. The summed E-state index contributed by atoms with van der Waals surface area (Å²) in [6.45, 7) is 6.28. The normalized spacial score (nSPS) is 19.4. The Morgan fingerprint density at radius 2 is 2.10 bits per heavy atom. The average molecular weight is 504 g/mol. The number of carbonyl (C=O) groups is 1. The molecule has 112 valence electrons. The van der Waals surface area contributed by atoms with Crippen LogP contribution >= 0.6 is 45.2 Å². The second-order valence-electron chi connectivity index (χ2n) is 5.75. The maximum atomic E-state index is 12.3. The van der Waals surface area contributed by atoms with Gasteiger partial charge < -0.3 is 10.6 Å². The van der Waals surface area contributed by atoms with Crippen molar-refractivity contribution in [2.75, 3.05) is 12.4 Å². The zero-order valence-corrected chi connectivity index (χ0v) is 16.0. The van der Waals surface area contributed by atoms with Gasteiger partial charge in [0.25, 0.3) is 0 Å². The van der Waals surface area contributed by atoms with Crippen LogP contribution < -0.4 is 5.84 Å². The average Bonchev–Trinajstić information content (AvgIpc) is 2.88. The number of amides is 1. The summed E-state index contributed by atoms with van der Waals surface area (Å²) in [5, 5.41) is 0. The Balaban J connectivity index is 2.23. The van der Waals surface area contributed by atoms with E-state index in [0.717, 1.165) is 26.1 Å². The molecule has 20 heavy (non-hydrogen) atoms. The third kappa shape index (κ3) is 3.31. The molecule has 2 N–H and O–H groups in total. The van der Waals surface area contributed by atoms with Crippen LogP contribution in [-0.4, -0.2) is 32.8 Å². The monoisotopic (exact) mass is 504 g/mol. The summed E-state index contributed by atoms with van der Waals surface area (Å²) in [7, 11) is 0. The molecule has 1 atom stereocenters. The highest BCUT2D eigenvalue weighted by atomic mass is 127. The van der Waals surface area contributed by atoms with Crippen LogP contribution in [0.15, 0.2) is 0 Å². The summed E-state index contributed by atoms with van der Waals surface area (Å²) in [5.41, 5.74) is -0.495. The standard InChI is InChI=1S/C12H18I2N4O2/c1-12(2,3)20-11(19)17-6-4-5-7(17)10-16-8(13)9(14)18(10)15/h7H,4-6,15H2,1-3H3/t7-/m0/s1. The molecular formula is C12H18I2N4O2. The van der Waals surface area contributed by atoms with Crippen molar-refractivity contribution in [3.63, 3.8) is 0 Å². The van der Waals surface area contributed by atoms with Crippen molar-refractivity contribution in [1.82, 2.24) is 14.6 Å². The van der Waals surface area contributed by atoms with Crippen LogP contribution in [0.1, 0.15) is 45.5 Å². The third-order valence-corrected chi connectivity index (χ3v) is 5.83. The highest BCUT2D eigenvalue weighted by Gasteiger charge is 2.36. The van der Waals surface area contributed by atoms with Crippen LogP contribution in [0.5, 0.6) is 0 Å². The number of imidazole rings is 1. The maximum absolute atomic E-state index is 12.3. The number of hydrogen-bond acceptors (Lipinski definition) is 4. The number of ether oxygens (including phenoxy) is 1. The number of hydrogen-bond donors (Lipinski definition) is 1. The highest BCUT2D eigenvalue weighted by molar-refractivity contribution is 14.1. The van der Waals surface area contributed by atoms with E-state index in [2.05, 4.69) is 50.2 Å². The van der Waals surface area contributed by atoms with Crippen LogP contribution in [0.2, 0.25) is 0 Å². The lowest BCUT2D eigenvalue weighted by Crippen LogP contribution is -2.37. The van der Waals surface area contributed by atoms with E-state index < -0.39 is 5.60 Å². The molecular weight excluding hydrogens is 486 g/mol. The first kappa shape index (κ1) is 16.1. The van der Waals surface area contributed by atoms with Crippen LogP contribution in [0.4, 0.5) is 4.79 Å². The first-order chi connectivity index (χ1) is 9.20. The predicted molar refractivity (Wildman–Crippen MR) is 92.7 cm³/mol. The van der Waals surface area contributed by atoms with Gasteiger partial charge in [-0.2, -0.15) is 0 Å². The van der Waals surface area contributed by atoms with E-state index in [1.54, 1.807) is 9.58 Å². The molecule has 0 bridgehead atoms. The minimum atomic E-state index is -0.495. The summed E-state index contributed by atoms with van der Waals surface area (Å²) in [6.07, 6.45) is 1.50. The van der Waals surface area contributed by atoms with E-state index in [-0.39, 0.29) is 12.1 Å². The molecule has 1 aromatic heterocycles. The molecule has 1 amide bonds. The lowest BCUT2D eigenvalue weighted by Gasteiger charge is -2.28. The van der Waals surface area contributed by atoms with Gasteiger partial charge in [0, 0.05) is 6.54 Å². The van der Waals surface area contributed by atoms with Crippen molar-refractivity contribution in [2.45, 2.75) is 45.3 Å². The second kappa shape index (κ2) is 5.85. The number of nitrogen functional groups attached to an aromatic ring is 1. The van der Waals surface area contributed by atoms with Gasteiger partial charge >= 0.3 is 6.09 Å². The summed E-state index contributed by atoms with van der Waals surface area (Å²) in [4.78, 5) is 18.5. The zero-order chi connectivity index (χ0) is 15.1. The zero-order valence-electron chi connectivity index (χ0n) is 11.7. The van der Waals surface area contributed by atoms with Gasteiger partial charge in [-0.1, -0.05) is 0 Å². The van der Waals surface area contributed by atoms with Gasteiger partial charge in [-0.25, -0.2) is 14.5 Å². The predicted octanol–water partition coefficient (Wildman–Crippen LogP) is 2.88. The van der Waals surface area contributed by atoms with Crippen LogP contribution in [0.3, 0.4) is 0 Å². The van der Waals surface area contributed by atoms with Gasteiger partial charge in [0.15, 0.2) is 5.82 Å². The summed E-state index contributed by atoms with van der Waals surface area (Å²) >= 11 is 4.31. The van der Waals surface area contributed by atoms with Crippen LogP contribution in [-0.2, 0) is 4.74 Å². The Bertz CT molecular complexity index is 524. The number of nitrogens with zero attached hydrogens (tertiary/aromatic N) is 3. The Labute approximate surface area is 145 Å². The molecule has 0 radical (unpaired) electrons. The molecule has 0 aliphatic carbocycles. The van der Waals surface area contributed by atoms with E-state index in [1.807, 2.05) is 20.8 Å². The molecule has 1 fully saturated rings. The lowest BCUT2D eigenvalue weighted by molar-refractivity contribution is 0.0217. The molecule has 0 unspecified atom stereocenters. The molecule has 0 spiro atoms. The first-order valence-corrected chi connectivity index (χ1v) is 8.55. The van der Waals surface area contributed by atoms with E-state index in [4.69, 9.17) is 10.6 Å². The van der Waals surface area contributed by atoms with Crippen LogP contribution in [0, 0.1) is 7.40 Å². The summed E-state index contributed by atoms with van der Waals surface area (Å²) in [5.74, 6) is 6.76. The lowest BCUT2D eigenvalue weighted by atomic mass is 10.2. The molecule has 1 aliphatic rings. The number of likely N-dealkylation sites (tertiary alicyclic amines) is 1. The Hall–Kier alpha value is -0.260. The Morgan fingerprint density at radius 3 is 2.60 bits per heavy atom. The quantitative estimate of drug-likeness (QED) is 0.472. The largest absolute Gasteiger partial charge is 0.444 e.